The molecule has 2 aromatic carbocycles. The van der Waals surface area contributed by atoms with Gasteiger partial charge in [0.25, 0.3) is 0 Å². The van der Waals surface area contributed by atoms with Crippen LogP contribution in [0.4, 0.5) is 5.69 Å². The minimum atomic E-state index is -0.230. The predicted molar refractivity (Wildman–Crippen MR) is 111 cm³/mol. The van der Waals surface area contributed by atoms with Crippen molar-refractivity contribution in [2.24, 2.45) is 0 Å². The van der Waals surface area contributed by atoms with E-state index in [1.807, 2.05) is 24.3 Å². The molecule has 0 saturated heterocycles. The minimum absolute atomic E-state index is 0.230. The van der Waals surface area contributed by atoms with Crippen LogP contribution in [0.25, 0.3) is 17.4 Å². The van der Waals surface area contributed by atoms with Crippen molar-refractivity contribution >= 4 is 63.5 Å². The van der Waals surface area contributed by atoms with E-state index in [0.29, 0.717) is 21.6 Å². The van der Waals surface area contributed by atoms with Crippen LogP contribution < -0.4 is 5.32 Å². The van der Waals surface area contributed by atoms with Crippen LogP contribution in [0.1, 0.15) is 5.76 Å². The fourth-order valence-electron chi connectivity index (χ4n) is 2.17. The summed E-state index contributed by atoms with van der Waals surface area (Å²) < 4.78 is 6.69. The standard InChI is InChI=1S/C19H12Cl2INO2/c20-12-5-8-14(15(21)11-12)18-9-6-13(25-18)7-10-19(24)23-17-4-2-1-3-16(17)22/h1-11H,(H,23,24)/b10-7+. The molecule has 6 heteroatoms. The molecule has 0 aliphatic rings. The van der Waals surface area contributed by atoms with Crippen molar-refractivity contribution in [1.29, 1.82) is 0 Å². The average Bonchev–Trinajstić information content (AvgIpc) is 3.04. The Morgan fingerprint density at radius 2 is 1.88 bits per heavy atom. The van der Waals surface area contributed by atoms with E-state index in [0.717, 1.165) is 14.8 Å². The van der Waals surface area contributed by atoms with Crippen molar-refractivity contribution in [3.05, 3.63) is 80.0 Å². The Kier molecular flexibility index (Phi) is 5.83. The first-order chi connectivity index (χ1) is 12.0. The molecule has 0 aliphatic carbocycles. The van der Waals surface area contributed by atoms with E-state index >= 15 is 0 Å². The minimum Gasteiger partial charge on any atom is -0.457 e. The van der Waals surface area contributed by atoms with Gasteiger partial charge in [0.1, 0.15) is 11.5 Å². The quantitative estimate of drug-likeness (QED) is 0.339. The molecule has 3 nitrogen and oxygen atoms in total. The summed E-state index contributed by atoms with van der Waals surface area (Å²) in [7, 11) is 0. The lowest BCUT2D eigenvalue weighted by atomic mass is 10.2. The maximum absolute atomic E-state index is 12.0. The fraction of sp³-hybridized carbons (Fsp3) is 0. The van der Waals surface area contributed by atoms with E-state index in [-0.39, 0.29) is 5.91 Å². The molecule has 0 unspecified atom stereocenters. The Bertz CT molecular complexity index is 950. The Balaban J connectivity index is 1.71. The van der Waals surface area contributed by atoms with Crippen LogP contribution in [-0.4, -0.2) is 5.91 Å². The molecule has 1 heterocycles. The number of benzene rings is 2. The smallest absolute Gasteiger partial charge is 0.248 e. The molecule has 1 aromatic heterocycles. The lowest BCUT2D eigenvalue weighted by Crippen LogP contribution is -2.08. The van der Waals surface area contributed by atoms with Gasteiger partial charge in [0.15, 0.2) is 0 Å². The molecule has 0 atom stereocenters. The van der Waals surface area contributed by atoms with E-state index in [9.17, 15) is 4.79 Å². The fourth-order valence-corrected chi connectivity index (χ4v) is 3.20. The molecule has 1 N–H and O–H groups in total. The number of furan rings is 1. The Morgan fingerprint density at radius 1 is 1.08 bits per heavy atom. The molecule has 3 aromatic rings. The number of nitrogens with one attached hydrogen (secondary N) is 1. The number of carbonyl (C=O) groups excluding carboxylic acids is 1. The second-order valence-electron chi connectivity index (χ2n) is 5.13. The van der Waals surface area contributed by atoms with Crippen molar-refractivity contribution in [2.45, 2.75) is 0 Å². The monoisotopic (exact) mass is 483 g/mol. The van der Waals surface area contributed by atoms with Gasteiger partial charge in [0.05, 0.1) is 10.7 Å². The van der Waals surface area contributed by atoms with Crippen molar-refractivity contribution < 1.29 is 9.21 Å². The molecule has 0 bridgehead atoms. The van der Waals surface area contributed by atoms with E-state index in [4.69, 9.17) is 27.6 Å². The SMILES string of the molecule is O=C(/C=C/c1ccc(-c2ccc(Cl)cc2Cl)o1)Nc1ccccc1I. The molecular weight excluding hydrogens is 472 g/mol. The van der Waals surface area contributed by atoms with Gasteiger partial charge in [-0.15, -0.1) is 0 Å². The van der Waals surface area contributed by atoms with Crippen LogP contribution in [0.2, 0.25) is 10.0 Å². The highest BCUT2D eigenvalue weighted by molar-refractivity contribution is 14.1. The van der Waals surface area contributed by atoms with Crippen LogP contribution in [0.5, 0.6) is 0 Å². The van der Waals surface area contributed by atoms with Crippen molar-refractivity contribution in [3.8, 4) is 11.3 Å². The third kappa shape index (κ3) is 4.66. The molecule has 25 heavy (non-hydrogen) atoms. The normalized spacial score (nSPS) is 11.0. The molecular formula is C19H12Cl2INO2. The van der Waals surface area contributed by atoms with Gasteiger partial charge in [-0.2, -0.15) is 0 Å². The Labute approximate surface area is 168 Å². The molecule has 0 saturated carbocycles. The maximum atomic E-state index is 12.0. The summed E-state index contributed by atoms with van der Waals surface area (Å²) in [5, 5.41) is 3.89. The zero-order valence-electron chi connectivity index (χ0n) is 12.8. The summed E-state index contributed by atoms with van der Waals surface area (Å²) in [6.07, 6.45) is 3.04. The van der Waals surface area contributed by atoms with E-state index in [2.05, 4.69) is 27.9 Å². The number of amides is 1. The van der Waals surface area contributed by atoms with Crippen molar-refractivity contribution in [1.82, 2.24) is 0 Å². The average molecular weight is 484 g/mol. The maximum Gasteiger partial charge on any atom is 0.248 e. The number of hydrogen-bond acceptors (Lipinski definition) is 2. The van der Waals surface area contributed by atoms with Gasteiger partial charge in [-0.05, 0) is 71.1 Å². The van der Waals surface area contributed by atoms with Gasteiger partial charge in [-0.1, -0.05) is 35.3 Å². The van der Waals surface area contributed by atoms with Gasteiger partial charge in [0, 0.05) is 20.2 Å². The number of halogens is 3. The highest BCUT2D eigenvalue weighted by Crippen LogP contribution is 2.31. The zero-order chi connectivity index (χ0) is 17.8. The van der Waals surface area contributed by atoms with Gasteiger partial charge in [-0.25, -0.2) is 0 Å². The molecule has 3 rings (SSSR count). The van der Waals surface area contributed by atoms with Gasteiger partial charge in [-0.3, -0.25) is 4.79 Å². The predicted octanol–water partition coefficient (Wildman–Crippen LogP) is 6.51. The third-order valence-electron chi connectivity index (χ3n) is 3.35. The number of anilines is 1. The first-order valence-electron chi connectivity index (χ1n) is 7.32. The lowest BCUT2D eigenvalue weighted by molar-refractivity contribution is -0.111. The van der Waals surface area contributed by atoms with Crippen molar-refractivity contribution in [3.63, 3.8) is 0 Å². The first-order valence-corrected chi connectivity index (χ1v) is 9.15. The van der Waals surface area contributed by atoms with Gasteiger partial charge in [0.2, 0.25) is 5.91 Å². The second-order valence-corrected chi connectivity index (χ2v) is 7.13. The number of rotatable bonds is 4. The third-order valence-corrected chi connectivity index (χ3v) is 4.84. The summed E-state index contributed by atoms with van der Waals surface area (Å²) in [6.45, 7) is 0. The summed E-state index contributed by atoms with van der Waals surface area (Å²) in [6, 6.07) is 16.3. The summed E-state index contributed by atoms with van der Waals surface area (Å²) >= 11 is 14.2. The summed E-state index contributed by atoms with van der Waals surface area (Å²) in [5.74, 6) is 0.935. The molecule has 1 amide bonds. The number of carbonyl (C=O) groups is 1. The molecule has 0 fully saturated rings. The van der Waals surface area contributed by atoms with Crippen LogP contribution in [-0.2, 0) is 4.79 Å². The zero-order valence-corrected chi connectivity index (χ0v) is 16.5. The highest BCUT2D eigenvalue weighted by Gasteiger charge is 2.08. The van der Waals surface area contributed by atoms with Crippen LogP contribution in [0.15, 0.2) is 65.1 Å². The molecule has 0 spiro atoms. The topological polar surface area (TPSA) is 42.2 Å². The van der Waals surface area contributed by atoms with Gasteiger partial charge >= 0.3 is 0 Å². The van der Waals surface area contributed by atoms with Crippen LogP contribution >= 0.6 is 45.8 Å². The van der Waals surface area contributed by atoms with E-state index in [1.165, 1.54) is 6.08 Å². The summed E-state index contributed by atoms with van der Waals surface area (Å²) in [5.41, 5.74) is 1.51. The molecule has 0 aliphatic heterocycles. The number of para-hydroxylation sites is 1. The highest BCUT2D eigenvalue weighted by atomic mass is 127. The Hall–Kier alpha value is -1.76. The first kappa shape index (κ1) is 18.0. The van der Waals surface area contributed by atoms with Crippen LogP contribution in [0, 0.1) is 3.57 Å². The Morgan fingerprint density at radius 3 is 2.64 bits per heavy atom. The van der Waals surface area contributed by atoms with Crippen LogP contribution in [0.3, 0.4) is 0 Å². The largest absolute Gasteiger partial charge is 0.457 e. The number of hydrogen-bond donors (Lipinski definition) is 1. The lowest BCUT2D eigenvalue weighted by Gasteiger charge is -2.03. The van der Waals surface area contributed by atoms with Crippen molar-refractivity contribution in [2.75, 3.05) is 5.32 Å². The van der Waals surface area contributed by atoms with E-state index < -0.39 is 0 Å². The van der Waals surface area contributed by atoms with Gasteiger partial charge < -0.3 is 9.73 Å². The molecule has 0 radical (unpaired) electrons. The second kappa shape index (κ2) is 8.08. The van der Waals surface area contributed by atoms with E-state index in [1.54, 1.807) is 36.4 Å². The molecule has 126 valence electrons. The summed E-state index contributed by atoms with van der Waals surface area (Å²) in [4.78, 5) is 12.0.